The molecule has 0 aromatic carbocycles. The predicted octanol–water partition coefficient (Wildman–Crippen LogP) is 3.29. The normalized spacial score (nSPS) is 15.4. The first-order chi connectivity index (χ1) is 4.43. The standard InChI is InChI=1S/C9H16/c1-2-3-4-5-6-9-7-8-9/h7H,2-6,8H2,1H3. The fraction of sp³-hybridized carbons (Fsp3) is 0.778. The summed E-state index contributed by atoms with van der Waals surface area (Å²) in [6, 6.07) is 0. The van der Waals surface area contributed by atoms with Crippen molar-refractivity contribution in [1.29, 1.82) is 0 Å². The van der Waals surface area contributed by atoms with E-state index >= 15 is 0 Å². The van der Waals surface area contributed by atoms with Gasteiger partial charge in [0.1, 0.15) is 0 Å². The molecule has 1 aliphatic carbocycles. The van der Waals surface area contributed by atoms with E-state index in [2.05, 4.69) is 13.0 Å². The Balaban J connectivity index is 1.76. The zero-order chi connectivity index (χ0) is 6.53. The summed E-state index contributed by atoms with van der Waals surface area (Å²) in [5.74, 6) is 0. The van der Waals surface area contributed by atoms with E-state index in [1.165, 1.54) is 38.5 Å². The van der Waals surface area contributed by atoms with E-state index in [4.69, 9.17) is 0 Å². The highest BCUT2D eigenvalue weighted by molar-refractivity contribution is 5.21. The van der Waals surface area contributed by atoms with Gasteiger partial charge in [0.05, 0.1) is 0 Å². The molecule has 0 bridgehead atoms. The van der Waals surface area contributed by atoms with Crippen LogP contribution in [0, 0.1) is 0 Å². The molecule has 0 radical (unpaired) electrons. The van der Waals surface area contributed by atoms with E-state index in [9.17, 15) is 0 Å². The lowest BCUT2D eigenvalue weighted by molar-refractivity contribution is 0.668. The molecule has 0 aromatic heterocycles. The average Bonchev–Trinajstić information content (AvgIpc) is 2.63. The van der Waals surface area contributed by atoms with Gasteiger partial charge in [-0.25, -0.2) is 0 Å². The highest BCUT2D eigenvalue weighted by Gasteiger charge is 2.04. The van der Waals surface area contributed by atoms with E-state index in [-0.39, 0.29) is 0 Å². The van der Waals surface area contributed by atoms with Gasteiger partial charge in [-0.1, -0.05) is 37.8 Å². The summed E-state index contributed by atoms with van der Waals surface area (Å²) >= 11 is 0. The average molecular weight is 124 g/mol. The lowest BCUT2D eigenvalue weighted by atomic mass is 10.1. The largest absolute Gasteiger partial charge is 0.0810 e. The minimum absolute atomic E-state index is 1.33. The number of hydrogen-bond donors (Lipinski definition) is 0. The van der Waals surface area contributed by atoms with Crippen LogP contribution in [-0.4, -0.2) is 0 Å². The van der Waals surface area contributed by atoms with Crippen LogP contribution in [0.3, 0.4) is 0 Å². The molecule has 0 saturated heterocycles. The summed E-state index contributed by atoms with van der Waals surface area (Å²) in [6.45, 7) is 2.26. The highest BCUT2D eigenvalue weighted by Crippen LogP contribution is 2.24. The smallest absolute Gasteiger partial charge is 0.0136 e. The van der Waals surface area contributed by atoms with Crippen LogP contribution in [0.2, 0.25) is 0 Å². The van der Waals surface area contributed by atoms with Crippen molar-refractivity contribution >= 4 is 0 Å². The van der Waals surface area contributed by atoms with Crippen LogP contribution >= 0.6 is 0 Å². The maximum absolute atomic E-state index is 2.34. The highest BCUT2D eigenvalue weighted by atomic mass is 14.1. The molecular weight excluding hydrogens is 108 g/mol. The first-order valence-electron chi connectivity index (χ1n) is 4.11. The summed E-state index contributed by atoms with van der Waals surface area (Å²) < 4.78 is 0. The fourth-order valence-corrected chi connectivity index (χ4v) is 1.06. The summed E-state index contributed by atoms with van der Waals surface area (Å²) in [7, 11) is 0. The fourth-order valence-electron chi connectivity index (χ4n) is 1.06. The Bertz CT molecular complexity index is 101. The molecule has 0 spiro atoms. The van der Waals surface area contributed by atoms with Crippen LogP contribution in [0.15, 0.2) is 11.6 Å². The first kappa shape index (κ1) is 6.85. The Kier molecular flexibility index (Phi) is 2.82. The lowest BCUT2D eigenvalue weighted by Gasteiger charge is -1.93. The van der Waals surface area contributed by atoms with Gasteiger partial charge < -0.3 is 0 Å². The molecule has 0 amide bonds. The Labute approximate surface area is 58.0 Å². The van der Waals surface area contributed by atoms with Crippen LogP contribution in [0.25, 0.3) is 0 Å². The molecule has 0 nitrogen and oxygen atoms in total. The number of rotatable bonds is 5. The molecule has 52 valence electrons. The Hall–Kier alpha value is -0.260. The molecule has 0 heterocycles. The quantitative estimate of drug-likeness (QED) is 0.389. The van der Waals surface area contributed by atoms with Crippen LogP contribution in [0.5, 0.6) is 0 Å². The Morgan fingerprint density at radius 2 is 2.11 bits per heavy atom. The molecule has 0 heteroatoms. The monoisotopic (exact) mass is 124 g/mol. The number of allylic oxidation sites excluding steroid dienone is 2. The van der Waals surface area contributed by atoms with Crippen molar-refractivity contribution < 1.29 is 0 Å². The van der Waals surface area contributed by atoms with Crippen molar-refractivity contribution in [3.63, 3.8) is 0 Å². The Morgan fingerprint density at radius 3 is 2.67 bits per heavy atom. The summed E-state index contributed by atoms with van der Waals surface area (Å²) in [4.78, 5) is 0. The minimum Gasteiger partial charge on any atom is -0.0810 e. The van der Waals surface area contributed by atoms with Crippen LogP contribution < -0.4 is 0 Å². The Morgan fingerprint density at radius 1 is 1.33 bits per heavy atom. The molecule has 9 heavy (non-hydrogen) atoms. The van der Waals surface area contributed by atoms with Gasteiger partial charge in [-0.05, 0) is 19.3 Å². The van der Waals surface area contributed by atoms with Crippen molar-refractivity contribution in [2.24, 2.45) is 0 Å². The van der Waals surface area contributed by atoms with E-state index in [1.54, 1.807) is 5.57 Å². The van der Waals surface area contributed by atoms with Crippen LogP contribution in [0.1, 0.15) is 45.4 Å². The van der Waals surface area contributed by atoms with Gasteiger partial charge in [0.15, 0.2) is 0 Å². The summed E-state index contributed by atoms with van der Waals surface area (Å²) in [5, 5.41) is 0. The predicted molar refractivity (Wildman–Crippen MR) is 41.5 cm³/mol. The van der Waals surface area contributed by atoms with Crippen molar-refractivity contribution in [2.75, 3.05) is 0 Å². The summed E-state index contributed by atoms with van der Waals surface area (Å²) in [5.41, 5.74) is 1.70. The topological polar surface area (TPSA) is 0 Å². The maximum atomic E-state index is 2.34. The second-order valence-electron chi connectivity index (χ2n) is 2.88. The maximum Gasteiger partial charge on any atom is -0.0136 e. The van der Waals surface area contributed by atoms with E-state index in [1.807, 2.05) is 0 Å². The minimum atomic E-state index is 1.33. The van der Waals surface area contributed by atoms with Gasteiger partial charge in [-0.3, -0.25) is 0 Å². The summed E-state index contributed by atoms with van der Waals surface area (Å²) in [6.07, 6.45) is 10.7. The zero-order valence-electron chi connectivity index (χ0n) is 6.32. The molecule has 0 N–H and O–H groups in total. The SMILES string of the molecule is CCCCCCC1=CC1. The van der Waals surface area contributed by atoms with Crippen LogP contribution in [0.4, 0.5) is 0 Å². The van der Waals surface area contributed by atoms with Gasteiger partial charge >= 0.3 is 0 Å². The molecule has 0 atom stereocenters. The molecular formula is C9H16. The van der Waals surface area contributed by atoms with E-state index in [0.29, 0.717) is 0 Å². The third kappa shape index (κ3) is 3.34. The first-order valence-corrected chi connectivity index (χ1v) is 4.11. The molecule has 0 unspecified atom stereocenters. The second-order valence-corrected chi connectivity index (χ2v) is 2.88. The number of hydrogen-bond acceptors (Lipinski definition) is 0. The third-order valence-electron chi connectivity index (χ3n) is 1.84. The second kappa shape index (κ2) is 3.71. The molecule has 1 rings (SSSR count). The lowest BCUT2D eigenvalue weighted by Crippen LogP contribution is -1.74. The molecule has 1 aliphatic rings. The van der Waals surface area contributed by atoms with Gasteiger partial charge in [0.2, 0.25) is 0 Å². The molecule has 0 aliphatic heterocycles. The van der Waals surface area contributed by atoms with Gasteiger partial charge in [0.25, 0.3) is 0 Å². The number of unbranched alkanes of at least 4 members (excludes halogenated alkanes) is 3. The van der Waals surface area contributed by atoms with Gasteiger partial charge in [0, 0.05) is 0 Å². The van der Waals surface area contributed by atoms with Gasteiger partial charge in [-0.15, -0.1) is 0 Å². The van der Waals surface area contributed by atoms with Crippen LogP contribution in [-0.2, 0) is 0 Å². The molecule has 0 aromatic rings. The molecule has 0 saturated carbocycles. The van der Waals surface area contributed by atoms with E-state index in [0.717, 1.165) is 0 Å². The zero-order valence-corrected chi connectivity index (χ0v) is 6.32. The third-order valence-corrected chi connectivity index (χ3v) is 1.84. The van der Waals surface area contributed by atoms with Crippen molar-refractivity contribution in [3.8, 4) is 0 Å². The van der Waals surface area contributed by atoms with Gasteiger partial charge in [-0.2, -0.15) is 0 Å². The van der Waals surface area contributed by atoms with Crippen molar-refractivity contribution in [3.05, 3.63) is 11.6 Å². The van der Waals surface area contributed by atoms with E-state index < -0.39 is 0 Å². The van der Waals surface area contributed by atoms with Crippen molar-refractivity contribution in [2.45, 2.75) is 45.4 Å². The van der Waals surface area contributed by atoms with Crippen molar-refractivity contribution in [1.82, 2.24) is 0 Å². The molecule has 0 fully saturated rings.